The Balaban J connectivity index is 3.33. The minimum Gasteiger partial charge on any atom is -0.506 e. The minimum atomic E-state index is -0.452. The van der Waals surface area contributed by atoms with Gasteiger partial charge in [-0.2, -0.15) is 0 Å². The predicted octanol–water partition coefficient (Wildman–Crippen LogP) is 3.12. The Morgan fingerprint density at radius 2 is 1.85 bits per heavy atom. The molecule has 0 heterocycles. The molecule has 0 aromatic heterocycles. The molecule has 0 amide bonds. The van der Waals surface area contributed by atoms with Gasteiger partial charge in [0.1, 0.15) is 5.75 Å². The van der Waals surface area contributed by atoms with Crippen molar-refractivity contribution in [3.05, 3.63) is 27.7 Å². The van der Waals surface area contributed by atoms with Crippen LogP contribution in [0, 0.1) is 0 Å². The highest BCUT2D eigenvalue weighted by atomic mass is 35.5. The van der Waals surface area contributed by atoms with Crippen LogP contribution in [0.15, 0.2) is 12.1 Å². The van der Waals surface area contributed by atoms with E-state index >= 15 is 0 Å². The standard InChI is InChI=1S/C8H5Cl3O2/c9-3-6(12)7-4(10)1-2-5(11)8(7)13/h1-2,13H,3H2. The van der Waals surface area contributed by atoms with Crippen LogP contribution in [0.25, 0.3) is 0 Å². The number of halogens is 3. The van der Waals surface area contributed by atoms with E-state index in [9.17, 15) is 9.90 Å². The Hall–Kier alpha value is -0.440. The Morgan fingerprint density at radius 1 is 1.31 bits per heavy atom. The molecule has 1 rings (SSSR count). The topological polar surface area (TPSA) is 37.3 Å². The van der Waals surface area contributed by atoms with Gasteiger partial charge >= 0.3 is 0 Å². The molecule has 0 unspecified atom stereocenters. The lowest BCUT2D eigenvalue weighted by molar-refractivity contribution is 0.101. The van der Waals surface area contributed by atoms with Crippen molar-refractivity contribution in [2.24, 2.45) is 0 Å². The Bertz CT molecular complexity index is 349. The van der Waals surface area contributed by atoms with E-state index in [1.54, 1.807) is 0 Å². The molecule has 0 aliphatic rings. The van der Waals surface area contributed by atoms with Crippen molar-refractivity contribution in [1.82, 2.24) is 0 Å². The van der Waals surface area contributed by atoms with E-state index in [0.29, 0.717) is 0 Å². The van der Waals surface area contributed by atoms with Gasteiger partial charge in [0.15, 0.2) is 5.78 Å². The van der Waals surface area contributed by atoms with Crippen LogP contribution in [0.5, 0.6) is 5.75 Å². The van der Waals surface area contributed by atoms with Gasteiger partial charge in [-0.05, 0) is 12.1 Å². The summed E-state index contributed by atoms with van der Waals surface area (Å²) in [6.07, 6.45) is 0. The van der Waals surface area contributed by atoms with E-state index in [4.69, 9.17) is 34.8 Å². The van der Waals surface area contributed by atoms with E-state index in [1.165, 1.54) is 12.1 Å². The smallest absolute Gasteiger partial charge is 0.182 e. The number of carbonyl (C=O) groups is 1. The van der Waals surface area contributed by atoms with Gasteiger partial charge < -0.3 is 5.11 Å². The van der Waals surface area contributed by atoms with Crippen molar-refractivity contribution < 1.29 is 9.90 Å². The number of carbonyl (C=O) groups excluding carboxylic acids is 1. The number of ketones is 1. The second-order valence-corrected chi connectivity index (χ2v) is 3.39. The van der Waals surface area contributed by atoms with Crippen LogP contribution in [-0.2, 0) is 0 Å². The highest BCUT2D eigenvalue weighted by molar-refractivity contribution is 6.39. The molecule has 0 radical (unpaired) electrons. The molecule has 1 N–H and O–H groups in total. The highest BCUT2D eigenvalue weighted by Gasteiger charge is 2.16. The lowest BCUT2D eigenvalue weighted by Gasteiger charge is -2.05. The molecule has 5 heteroatoms. The molecule has 0 aliphatic carbocycles. The summed E-state index contributed by atoms with van der Waals surface area (Å²) in [5.41, 5.74) is -0.0239. The van der Waals surface area contributed by atoms with Crippen LogP contribution in [0.1, 0.15) is 10.4 Å². The predicted molar refractivity (Wildman–Crippen MR) is 53.2 cm³/mol. The van der Waals surface area contributed by atoms with Gasteiger partial charge in [-0.3, -0.25) is 4.79 Å². The van der Waals surface area contributed by atoms with E-state index in [0.717, 1.165) is 0 Å². The fourth-order valence-corrected chi connectivity index (χ4v) is 1.42. The molecule has 1 aromatic rings. The van der Waals surface area contributed by atoms with Crippen LogP contribution >= 0.6 is 34.8 Å². The summed E-state index contributed by atoms with van der Waals surface area (Å²) < 4.78 is 0. The highest BCUT2D eigenvalue weighted by Crippen LogP contribution is 2.33. The van der Waals surface area contributed by atoms with Gasteiger partial charge in [-0.25, -0.2) is 0 Å². The zero-order valence-electron chi connectivity index (χ0n) is 6.35. The Kier molecular flexibility index (Phi) is 3.42. The Labute approximate surface area is 90.0 Å². The molecule has 0 atom stereocenters. The largest absolute Gasteiger partial charge is 0.506 e. The third-order valence-corrected chi connectivity index (χ3v) is 2.34. The number of hydrogen-bond acceptors (Lipinski definition) is 2. The summed E-state index contributed by atoms with van der Waals surface area (Å²) in [7, 11) is 0. The van der Waals surface area contributed by atoms with E-state index in [2.05, 4.69) is 0 Å². The molecule has 0 aliphatic heterocycles. The lowest BCUT2D eigenvalue weighted by Crippen LogP contribution is -2.01. The van der Waals surface area contributed by atoms with E-state index in [-0.39, 0.29) is 27.2 Å². The zero-order chi connectivity index (χ0) is 10.0. The van der Waals surface area contributed by atoms with Gasteiger partial charge in [0, 0.05) is 0 Å². The molecule has 13 heavy (non-hydrogen) atoms. The number of hydrogen-bond donors (Lipinski definition) is 1. The molecule has 0 saturated heterocycles. The SMILES string of the molecule is O=C(CCl)c1c(Cl)ccc(Cl)c1O. The molecule has 1 aromatic carbocycles. The van der Waals surface area contributed by atoms with Crippen LogP contribution in [0.3, 0.4) is 0 Å². The second-order valence-electron chi connectivity index (χ2n) is 2.31. The number of phenols is 1. The first-order chi connectivity index (χ1) is 6.07. The third kappa shape index (κ3) is 2.08. The summed E-state index contributed by atoms with van der Waals surface area (Å²) in [6, 6.07) is 2.84. The molecular formula is C8H5Cl3O2. The lowest BCUT2D eigenvalue weighted by atomic mass is 10.1. The van der Waals surface area contributed by atoms with Crippen molar-refractivity contribution in [3.8, 4) is 5.75 Å². The van der Waals surface area contributed by atoms with Crippen molar-refractivity contribution in [1.29, 1.82) is 0 Å². The normalized spacial score (nSPS) is 10.1. The molecule has 70 valence electrons. The van der Waals surface area contributed by atoms with Gasteiger partial charge in [0.2, 0.25) is 0 Å². The third-order valence-electron chi connectivity index (χ3n) is 1.48. The zero-order valence-corrected chi connectivity index (χ0v) is 8.62. The van der Waals surface area contributed by atoms with Gasteiger partial charge in [0.25, 0.3) is 0 Å². The van der Waals surface area contributed by atoms with Gasteiger partial charge in [0.05, 0.1) is 21.5 Å². The molecule has 0 saturated carbocycles. The maximum Gasteiger partial charge on any atom is 0.182 e. The second kappa shape index (κ2) is 4.18. The monoisotopic (exact) mass is 238 g/mol. The fourth-order valence-electron chi connectivity index (χ4n) is 0.873. The summed E-state index contributed by atoms with van der Waals surface area (Å²) in [6.45, 7) is 0. The van der Waals surface area contributed by atoms with Crippen LogP contribution in [-0.4, -0.2) is 16.8 Å². The maximum atomic E-state index is 11.2. The molecule has 0 bridgehead atoms. The van der Waals surface area contributed by atoms with Crippen LogP contribution < -0.4 is 0 Å². The number of aromatic hydroxyl groups is 1. The average Bonchev–Trinajstić information content (AvgIpc) is 2.12. The summed E-state index contributed by atoms with van der Waals surface area (Å²) in [5, 5.41) is 9.61. The first kappa shape index (κ1) is 10.6. The summed E-state index contributed by atoms with van der Waals surface area (Å²) in [5.74, 6) is -1.01. The summed E-state index contributed by atoms with van der Waals surface area (Å²) in [4.78, 5) is 11.2. The van der Waals surface area contributed by atoms with Crippen molar-refractivity contribution in [2.75, 3.05) is 5.88 Å². The molecule has 2 nitrogen and oxygen atoms in total. The molecule has 0 spiro atoms. The minimum absolute atomic E-state index is 0.0239. The Morgan fingerprint density at radius 3 is 2.38 bits per heavy atom. The van der Waals surface area contributed by atoms with Crippen molar-refractivity contribution in [3.63, 3.8) is 0 Å². The number of Topliss-reactive ketones (excluding diaryl/α,β-unsaturated/α-hetero) is 1. The quantitative estimate of drug-likeness (QED) is 0.636. The first-order valence-corrected chi connectivity index (χ1v) is 4.63. The number of alkyl halides is 1. The van der Waals surface area contributed by atoms with Gasteiger partial charge in [-0.15, -0.1) is 11.6 Å². The van der Waals surface area contributed by atoms with Gasteiger partial charge in [-0.1, -0.05) is 23.2 Å². The first-order valence-electron chi connectivity index (χ1n) is 3.34. The van der Waals surface area contributed by atoms with Crippen molar-refractivity contribution >= 4 is 40.6 Å². The van der Waals surface area contributed by atoms with Crippen molar-refractivity contribution in [2.45, 2.75) is 0 Å². The number of phenolic OH excluding ortho intramolecular Hbond substituents is 1. The number of benzene rings is 1. The maximum absolute atomic E-state index is 11.2. The number of rotatable bonds is 2. The van der Waals surface area contributed by atoms with E-state index < -0.39 is 5.78 Å². The molecule has 0 fully saturated rings. The molecular weight excluding hydrogens is 234 g/mol. The fraction of sp³-hybridized carbons (Fsp3) is 0.125. The van der Waals surface area contributed by atoms with Crippen LogP contribution in [0.4, 0.5) is 0 Å². The summed E-state index contributed by atoms with van der Waals surface area (Å²) >= 11 is 16.6. The van der Waals surface area contributed by atoms with Crippen LogP contribution in [0.2, 0.25) is 10.0 Å². The average molecular weight is 239 g/mol. The van der Waals surface area contributed by atoms with E-state index in [1.807, 2.05) is 0 Å².